The van der Waals surface area contributed by atoms with E-state index in [1.807, 2.05) is 24.4 Å². The van der Waals surface area contributed by atoms with Gasteiger partial charge < -0.3 is 10.2 Å². The minimum atomic E-state index is 0.179. The molecule has 4 rings (SSSR count). The summed E-state index contributed by atoms with van der Waals surface area (Å²) in [5, 5.41) is 7.48. The quantitative estimate of drug-likeness (QED) is 0.944. The topological polar surface area (TPSA) is 45.2 Å². The lowest BCUT2D eigenvalue weighted by Crippen LogP contribution is -2.38. The van der Waals surface area contributed by atoms with Crippen LogP contribution in [0, 0.1) is 5.92 Å². The molecule has 3 atom stereocenters. The third kappa shape index (κ3) is 2.73. The van der Waals surface area contributed by atoms with Gasteiger partial charge in [-0.2, -0.15) is 11.3 Å². The fourth-order valence-corrected chi connectivity index (χ4v) is 4.00. The maximum Gasteiger partial charge on any atom is 0.224 e. The van der Waals surface area contributed by atoms with Crippen LogP contribution in [0.15, 0.2) is 41.2 Å². The fraction of sp³-hybridized carbons (Fsp3) is 0.412. The maximum atomic E-state index is 12.4. The Kier molecular flexibility index (Phi) is 3.58. The van der Waals surface area contributed by atoms with Gasteiger partial charge in [0, 0.05) is 31.2 Å². The van der Waals surface area contributed by atoms with E-state index in [-0.39, 0.29) is 17.9 Å². The predicted octanol–water partition coefficient (Wildman–Crippen LogP) is 2.64. The van der Waals surface area contributed by atoms with Crippen molar-refractivity contribution >= 4 is 23.1 Å². The van der Waals surface area contributed by atoms with Gasteiger partial charge in [0.25, 0.3) is 0 Å². The normalized spacial score (nSPS) is 26.9. The minimum absolute atomic E-state index is 0.179. The van der Waals surface area contributed by atoms with Crippen molar-refractivity contribution in [1.29, 1.82) is 0 Å². The number of nitrogens with one attached hydrogen (secondary N) is 1. The van der Waals surface area contributed by atoms with Crippen LogP contribution in [-0.2, 0) is 4.79 Å². The van der Waals surface area contributed by atoms with Gasteiger partial charge in [0.1, 0.15) is 5.82 Å². The molecule has 0 radical (unpaired) electrons. The smallest absolute Gasteiger partial charge is 0.224 e. The molecule has 2 fully saturated rings. The molecular weight excluding hydrogens is 294 g/mol. The molecule has 4 nitrogen and oxygen atoms in total. The first-order valence-electron chi connectivity index (χ1n) is 7.80. The molecule has 22 heavy (non-hydrogen) atoms. The van der Waals surface area contributed by atoms with Gasteiger partial charge in [-0.3, -0.25) is 4.79 Å². The number of thiophene rings is 1. The molecule has 1 aliphatic heterocycles. The molecule has 1 aliphatic carbocycles. The molecule has 2 aromatic heterocycles. The highest BCUT2D eigenvalue weighted by molar-refractivity contribution is 7.08. The number of nitrogens with zero attached hydrogens (tertiary/aromatic N) is 2. The first-order chi connectivity index (χ1) is 10.8. The Hall–Kier alpha value is -1.88. The third-order valence-corrected chi connectivity index (χ3v) is 5.31. The van der Waals surface area contributed by atoms with Crippen LogP contribution >= 0.6 is 11.3 Å². The summed E-state index contributed by atoms with van der Waals surface area (Å²) in [5.41, 5.74) is 1.33. The lowest BCUT2D eigenvalue weighted by molar-refractivity contribution is -0.123. The Morgan fingerprint density at radius 1 is 1.36 bits per heavy atom. The molecule has 1 unspecified atom stereocenters. The van der Waals surface area contributed by atoms with E-state index in [1.165, 1.54) is 5.56 Å². The largest absolute Gasteiger partial charge is 0.354 e. The van der Waals surface area contributed by atoms with E-state index in [1.54, 1.807) is 11.3 Å². The molecule has 2 aliphatic rings. The molecule has 2 aromatic rings. The highest BCUT2D eigenvalue weighted by atomic mass is 32.1. The zero-order valence-corrected chi connectivity index (χ0v) is 13.1. The van der Waals surface area contributed by atoms with Gasteiger partial charge in [-0.05, 0) is 53.3 Å². The second kappa shape index (κ2) is 5.72. The van der Waals surface area contributed by atoms with E-state index in [0.717, 1.165) is 31.7 Å². The van der Waals surface area contributed by atoms with Crippen molar-refractivity contribution in [1.82, 2.24) is 10.3 Å². The highest BCUT2D eigenvalue weighted by Gasteiger charge is 2.44. The molecule has 1 saturated heterocycles. The van der Waals surface area contributed by atoms with Crippen molar-refractivity contribution in [2.75, 3.05) is 18.0 Å². The summed E-state index contributed by atoms with van der Waals surface area (Å²) in [7, 11) is 0. The summed E-state index contributed by atoms with van der Waals surface area (Å²) >= 11 is 1.71. The molecule has 1 amide bonds. The molecule has 0 spiro atoms. The van der Waals surface area contributed by atoms with Crippen molar-refractivity contribution in [3.63, 3.8) is 0 Å². The van der Waals surface area contributed by atoms with Crippen LogP contribution < -0.4 is 10.2 Å². The molecule has 0 aromatic carbocycles. The van der Waals surface area contributed by atoms with Crippen molar-refractivity contribution in [3.05, 3.63) is 46.8 Å². The average Bonchev–Trinajstić information content (AvgIpc) is 2.97. The van der Waals surface area contributed by atoms with Crippen LogP contribution in [0.1, 0.15) is 24.3 Å². The first kappa shape index (κ1) is 13.8. The van der Waals surface area contributed by atoms with Crippen LogP contribution in [0.5, 0.6) is 0 Å². The Morgan fingerprint density at radius 2 is 2.32 bits per heavy atom. The number of aromatic nitrogens is 1. The minimum Gasteiger partial charge on any atom is -0.354 e. The molecule has 5 heteroatoms. The first-order valence-corrected chi connectivity index (χ1v) is 8.74. The number of carbonyl (C=O) groups is 1. The average molecular weight is 313 g/mol. The lowest BCUT2D eigenvalue weighted by atomic mass is 10.1. The Bertz CT molecular complexity index is 643. The van der Waals surface area contributed by atoms with E-state index < -0.39 is 0 Å². The molecule has 3 heterocycles. The van der Waals surface area contributed by atoms with Gasteiger partial charge in [-0.1, -0.05) is 6.07 Å². The zero-order chi connectivity index (χ0) is 14.9. The molecule has 0 bridgehead atoms. The molecule has 114 valence electrons. The summed E-state index contributed by atoms with van der Waals surface area (Å²) in [4.78, 5) is 19.0. The number of anilines is 1. The Morgan fingerprint density at radius 3 is 3.09 bits per heavy atom. The van der Waals surface area contributed by atoms with E-state index in [0.29, 0.717) is 5.92 Å². The number of hydrogen-bond donors (Lipinski definition) is 1. The zero-order valence-electron chi connectivity index (χ0n) is 12.3. The summed E-state index contributed by atoms with van der Waals surface area (Å²) in [6, 6.07) is 8.34. The van der Waals surface area contributed by atoms with E-state index >= 15 is 0 Å². The van der Waals surface area contributed by atoms with E-state index in [4.69, 9.17) is 0 Å². The van der Waals surface area contributed by atoms with Gasteiger partial charge in [0.15, 0.2) is 0 Å². The lowest BCUT2D eigenvalue weighted by Gasteiger charge is -2.17. The van der Waals surface area contributed by atoms with Gasteiger partial charge in [0.2, 0.25) is 5.91 Å². The van der Waals surface area contributed by atoms with Gasteiger partial charge in [-0.15, -0.1) is 0 Å². The maximum absolute atomic E-state index is 12.4. The fourth-order valence-electron chi connectivity index (χ4n) is 3.27. The summed E-state index contributed by atoms with van der Waals surface area (Å²) in [5.74, 6) is 1.85. The van der Waals surface area contributed by atoms with Crippen LogP contribution in [0.3, 0.4) is 0 Å². The van der Waals surface area contributed by atoms with Crippen molar-refractivity contribution in [3.8, 4) is 0 Å². The Labute approximate surface area is 134 Å². The highest BCUT2D eigenvalue weighted by Crippen LogP contribution is 2.48. The number of amides is 1. The predicted molar refractivity (Wildman–Crippen MR) is 88.2 cm³/mol. The summed E-state index contributed by atoms with van der Waals surface area (Å²) in [6.07, 6.45) is 3.81. The van der Waals surface area contributed by atoms with Crippen molar-refractivity contribution in [2.24, 2.45) is 5.92 Å². The van der Waals surface area contributed by atoms with Gasteiger partial charge in [-0.25, -0.2) is 4.98 Å². The number of pyridine rings is 1. The second-order valence-corrected chi connectivity index (χ2v) is 6.91. The number of carbonyl (C=O) groups excluding carboxylic acids is 1. The van der Waals surface area contributed by atoms with Gasteiger partial charge >= 0.3 is 0 Å². The van der Waals surface area contributed by atoms with Crippen LogP contribution in [0.2, 0.25) is 0 Å². The standard InChI is InChI=1S/C17H19N3OS/c21-17(15-9-14(15)12-5-8-22-11-12)19-13-4-7-20(10-13)16-3-1-2-6-18-16/h1-3,5-6,8,11,13-15H,4,7,9-10H2,(H,19,21)/t13?,14-,15+/m0/s1. The van der Waals surface area contributed by atoms with E-state index in [9.17, 15) is 4.79 Å². The molecular formula is C17H19N3OS. The monoisotopic (exact) mass is 313 g/mol. The number of rotatable bonds is 4. The van der Waals surface area contributed by atoms with Crippen LogP contribution in [0.25, 0.3) is 0 Å². The Balaban J connectivity index is 1.31. The second-order valence-electron chi connectivity index (χ2n) is 6.13. The number of hydrogen-bond acceptors (Lipinski definition) is 4. The third-order valence-electron chi connectivity index (χ3n) is 4.61. The molecule has 1 N–H and O–H groups in total. The van der Waals surface area contributed by atoms with Crippen molar-refractivity contribution < 1.29 is 4.79 Å². The molecule has 1 saturated carbocycles. The van der Waals surface area contributed by atoms with E-state index in [2.05, 4.69) is 32.0 Å². The summed E-state index contributed by atoms with van der Waals surface area (Å²) < 4.78 is 0. The van der Waals surface area contributed by atoms with Gasteiger partial charge in [0.05, 0.1) is 0 Å². The van der Waals surface area contributed by atoms with Crippen LogP contribution in [0.4, 0.5) is 5.82 Å². The van der Waals surface area contributed by atoms with Crippen molar-refractivity contribution in [2.45, 2.75) is 24.8 Å². The van der Waals surface area contributed by atoms with Crippen LogP contribution in [-0.4, -0.2) is 30.0 Å². The SMILES string of the molecule is O=C(NC1CCN(c2ccccn2)C1)[C@@H]1C[C@H]1c1ccsc1. The summed E-state index contributed by atoms with van der Waals surface area (Å²) in [6.45, 7) is 1.82.